The Morgan fingerprint density at radius 1 is 1.21 bits per heavy atom. The van der Waals surface area contributed by atoms with Gasteiger partial charge in [0, 0.05) is 29.8 Å². The molecule has 5 rings (SSSR count). The second kappa shape index (κ2) is 6.89. The standard InChI is InChI=1S/C23H30N2O2S/c1-25(2)13-23(10-11-23)15-5-3-14(4-6-15)19-18(26)8-7-17-20(19)16-9-12-28-21(16)22(27)24-17/h3-6,9,12,16-21,26H,7-8,10-11,13H2,1-2H3,(H,24,27). The zero-order valence-corrected chi connectivity index (χ0v) is 17.5. The van der Waals surface area contributed by atoms with Crippen LogP contribution in [0.3, 0.4) is 0 Å². The summed E-state index contributed by atoms with van der Waals surface area (Å²) in [6, 6.07) is 9.26. The number of aliphatic hydroxyl groups is 1. The Balaban J connectivity index is 1.44. The van der Waals surface area contributed by atoms with Gasteiger partial charge >= 0.3 is 0 Å². The number of aliphatic hydroxyl groups excluding tert-OH is 1. The van der Waals surface area contributed by atoms with Crippen molar-refractivity contribution < 1.29 is 9.90 Å². The van der Waals surface area contributed by atoms with Crippen LogP contribution in [0.2, 0.25) is 0 Å². The molecule has 5 heteroatoms. The number of allylic oxidation sites excluding steroid dienone is 1. The van der Waals surface area contributed by atoms with Crippen LogP contribution in [-0.2, 0) is 10.2 Å². The van der Waals surface area contributed by atoms with Gasteiger partial charge in [-0.05, 0) is 62.2 Å². The van der Waals surface area contributed by atoms with Crippen molar-refractivity contribution in [1.82, 2.24) is 10.2 Å². The van der Waals surface area contributed by atoms with Crippen molar-refractivity contribution in [1.29, 1.82) is 0 Å². The Morgan fingerprint density at radius 3 is 2.64 bits per heavy atom. The highest BCUT2D eigenvalue weighted by Crippen LogP contribution is 2.51. The van der Waals surface area contributed by atoms with Gasteiger partial charge in [0.2, 0.25) is 5.91 Å². The average Bonchev–Trinajstić information content (AvgIpc) is 3.26. The average molecular weight is 399 g/mol. The van der Waals surface area contributed by atoms with E-state index in [1.807, 2.05) is 0 Å². The molecule has 2 aliphatic carbocycles. The Labute approximate surface area is 171 Å². The first kappa shape index (κ1) is 18.7. The molecule has 0 bridgehead atoms. The molecule has 4 aliphatic rings. The zero-order chi connectivity index (χ0) is 19.5. The van der Waals surface area contributed by atoms with Crippen molar-refractivity contribution >= 4 is 17.7 Å². The molecule has 2 saturated carbocycles. The van der Waals surface area contributed by atoms with Crippen LogP contribution in [0.1, 0.15) is 42.7 Å². The van der Waals surface area contributed by atoms with E-state index in [1.54, 1.807) is 11.8 Å². The maximum atomic E-state index is 12.5. The summed E-state index contributed by atoms with van der Waals surface area (Å²) in [6.07, 6.45) is 6.03. The number of thioether (sulfide) groups is 1. The highest BCUT2D eigenvalue weighted by molar-refractivity contribution is 8.03. The first-order valence-electron chi connectivity index (χ1n) is 10.5. The Morgan fingerprint density at radius 2 is 1.96 bits per heavy atom. The molecule has 1 aromatic carbocycles. The molecule has 2 N–H and O–H groups in total. The lowest BCUT2D eigenvalue weighted by Crippen LogP contribution is -2.59. The van der Waals surface area contributed by atoms with Gasteiger partial charge in [0.1, 0.15) is 0 Å². The molecule has 150 valence electrons. The molecule has 0 spiro atoms. The second-order valence-electron chi connectivity index (χ2n) is 9.47. The number of nitrogens with zero attached hydrogens (tertiary/aromatic N) is 1. The lowest BCUT2D eigenvalue weighted by Gasteiger charge is -2.48. The van der Waals surface area contributed by atoms with Crippen molar-refractivity contribution in [2.24, 2.45) is 11.8 Å². The van der Waals surface area contributed by atoms with E-state index < -0.39 is 0 Å². The summed E-state index contributed by atoms with van der Waals surface area (Å²) in [6.45, 7) is 1.10. The Bertz CT molecular complexity index is 786. The van der Waals surface area contributed by atoms with Gasteiger partial charge in [0.15, 0.2) is 0 Å². The number of nitrogens with one attached hydrogen (secondary N) is 1. The second-order valence-corrected chi connectivity index (χ2v) is 10.5. The van der Waals surface area contributed by atoms with Crippen LogP contribution in [0.5, 0.6) is 0 Å². The zero-order valence-electron chi connectivity index (χ0n) is 16.7. The number of likely N-dealkylation sites (N-methyl/N-ethyl adjacent to an activating group) is 1. The smallest absolute Gasteiger partial charge is 0.234 e. The van der Waals surface area contributed by atoms with Gasteiger partial charge in [-0.15, -0.1) is 11.8 Å². The topological polar surface area (TPSA) is 52.6 Å². The first-order chi connectivity index (χ1) is 13.5. The van der Waals surface area contributed by atoms with Gasteiger partial charge in [-0.1, -0.05) is 30.3 Å². The summed E-state index contributed by atoms with van der Waals surface area (Å²) in [5.41, 5.74) is 2.98. The van der Waals surface area contributed by atoms with Gasteiger partial charge < -0.3 is 15.3 Å². The van der Waals surface area contributed by atoms with Crippen molar-refractivity contribution in [2.45, 2.75) is 54.4 Å². The fourth-order valence-electron chi connectivity index (χ4n) is 5.95. The predicted octanol–water partition coefficient (Wildman–Crippen LogP) is 2.88. The third-order valence-corrected chi connectivity index (χ3v) is 8.49. The van der Waals surface area contributed by atoms with Crippen LogP contribution in [0.4, 0.5) is 0 Å². The quantitative estimate of drug-likeness (QED) is 0.819. The molecule has 1 aromatic rings. The van der Waals surface area contributed by atoms with Crippen molar-refractivity contribution in [3.05, 3.63) is 46.9 Å². The molecule has 4 nitrogen and oxygen atoms in total. The summed E-state index contributed by atoms with van der Waals surface area (Å²) in [5, 5.41) is 16.3. The number of carbonyl (C=O) groups excluding carboxylic acids is 1. The summed E-state index contributed by atoms with van der Waals surface area (Å²) < 4.78 is 0. The number of benzene rings is 1. The van der Waals surface area contributed by atoms with Crippen LogP contribution in [0.15, 0.2) is 35.7 Å². The number of hydrogen-bond acceptors (Lipinski definition) is 4. The Kier molecular flexibility index (Phi) is 4.61. The van der Waals surface area contributed by atoms with E-state index in [0.29, 0.717) is 5.41 Å². The van der Waals surface area contributed by atoms with Crippen LogP contribution in [0, 0.1) is 11.8 Å². The van der Waals surface area contributed by atoms with Crippen molar-refractivity contribution in [3.8, 4) is 0 Å². The lowest BCUT2D eigenvalue weighted by molar-refractivity contribution is -0.126. The van der Waals surface area contributed by atoms with Crippen molar-refractivity contribution in [2.75, 3.05) is 20.6 Å². The lowest BCUT2D eigenvalue weighted by atomic mass is 9.63. The predicted molar refractivity (Wildman–Crippen MR) is 113 cm³/mol. The molecule has 2 aliphatic heterocycles. The maximum Gasteiger partial charge on any atom is 0.234 e. The molecular weight excluding hydrogens is 368 g/mol. The summed E-state index contributed by atoms with van der Waals surface area (Å²) in [5.74, 6) is 0.770. The van der Waals surface area contributed by atoms with Gasteiger partial charge in [0.05, 0.1) is 11.4 Å². The summed E-state index contributed by atoms with van der Waals surface area (Å²) in [7, 11) is 4.29. The van der Waals surface area contributed by atoms with E-state index in [9.17, 15) is 9.90 Å². The highest BCUT2D eigenvalue weighted by atomic mass is 32.2. The van der Waals surface area contributed by atoms with E-state index >= 15 is 0 Å². The normalized spacial score (nSPS) is 38.1. The van der Waals surface area contributed by atoms with E-state index in [1.165, 1.54) is 24.0 Å². The summed E-state index contributed by atoms with van der Waals surface area (Å²) >= 11 is 1.63. The number of amides is 1. The number of hydrogen-bond donors (Lipinski definition) is 2. The molecule has 6 unspecified atom stereocenters. The molecule has 1 saturated heterocycles. The minimum absolute atomic E-state index is 0.0249. The highest BCUT2D eigenvalue weighted by Gasteiger charge is 2.52. The Hall–Kier alpha value is -1.30. The third-order valence-electron chi connectivity index (χ3n) is 7.35. The molecule has 3 fully saturated rings. The number of fused-ring (bicyclic) bond motifs is 3. The van der Waals surface area contributed by atoms with Crippen molar-refractivity contribution in [3.63, 3.8) is 0 Å². The molecule has 0 radical (unpaired) electrons. The van der Waals surface area contributed by atoms with Gasteiger partial charge in [0.25, 0.3) is 0 Å². The molecule has 2 heterocycles. The molecule has 6 atom stereocenters. The van der Waals surface area contributed by atoms with E-state index in [4.69, 9.17) is 0 Å². The van der Waals surface area contributed by atoms with Crippen LogP contribution in [-0.4, -0.2) is 53.9 Å². The first-order valence-corrected chi connectivity index (χ1v) is 11.5. The molecule has 28 heavy (non-hydrogen) atoms. The molecular formula is C23H30N2O2S. The third kappa shape index (κ3) is 3.03. The number of rotatable bonds is 4. The fraction of sp³-hybridized carbons (Fsp3) is 0.609. The maximum absolute atomic E-state index is 12.5. The minimum atomic E-state index is -0.335. The van der Waals surface area contributed by atoms with Gasteiger partial charge in [-0.25, -0.2) is 0 Å². The van der Waals surface area contributed by atoms with E-state index in [-0.39, 0.29) is 41.1 Å². The van der Waals surface area contributed by atoms with E-state index in [0.717, 1.165) is 19.4 Å². The van der Waals surface area contributed by atoms with Crippen LogP contribution in [0.25, 0.3) is 0 Å². The number of carbonyl (C=O) groups is 1. The molecule has 0 aromatic heterocycles. The van der Waals surface area contributed by atoms with Gasteiger partial charge in [-0.3, -0.25) is 4.79 Å². The minimum Gasteiger partial charge on any atom is -0.392 e. The van der Waals surface area contributed by atoms with E-state index in [2.05, 4.69) is 60.1 Å². The monoisotopic (exact) mass is 398 g/mol. The fourth-order valence-corrected chi connectivity index (χ4v) is 7.03. The SMILES string of the molecule is CN(C)CC1(c2ccc(C3C(O)CCC4NC(=O)C5SC=CC5C43)cc2)CC1. The van der Waals surface area contributed by atoms with Gasteiger partial charge in [-0.2, -0.15) is 0 Å². The largest absolute Gasteiger partial charge is 0.392 e. The van der Waals surface area contributed by atoms with Crippen LogP contribution >= 0.6 is 11.8 Å². The number of piperidine rings is 1. The summed E-state index contributed by atoms with van der Waals surface area (Å²) in [4.78, 5) is 14.8. The molecule has 1 amide bonds. The van der Waals surface area contributed by atoms with Crippen LogP contribution < -0.4 is 5.32 Å².